The Morgan fingerprint density at radius 3 is 1.79 bits per heavy atom. The Bertz CT molecular complexity index is 749. The van der Waals surface area contributed by atoms with Crippen LogP contribution < -0.4 is 5.72 Å². The summed E-state index contributed by atoms with van der Waals surface area (Å²) in [5.41, 5.74) is 3.91. The van der Waals surface area contributed by atoms with Crippen molar-refractivity contribution in [1.82, 2.24) is 9.97 Å². The zero-order chi connectivity index (χ0) is 17.1. The molecule has 0 aliphatic heterocycles. The van der Waals surface area contributed by atoms with Crippen molar-refractivity contribution >= 4 is 13.0 Å². The lowest BCUT2D eigenvalue weighted by atomic mass is 9.58. The first-order chi connectivity index (χ1) is 11.5. The first-order valence-electron chi connectivity index (χ1n) is 8.07. The van der Waals surface area contributed by atoms with Gasteiger partial charge in [-0.3, -0.25) is 4.98 Å². The van der Waals surface area contributed by atoms with Crippen LogP contribution in [0.15, 0.2) is 54.7 Å². The Kier molecular flexibility index (Phi) is 4.79. The molecule has 0 unspecified atom stereocenters. The van der Waals surface area contributed by atoms with Gasteiger partial charge in [0.05, 0.1) is 5.72 Å². The molecule has 3 rings (SSSR count). The summed E-state index contributed by atoms with van der Waals surface area (Å²) in [6.07, 6.45) is 1.85. The molecule has 0 bridgehead atoms. The van der Waals surface area contributed by atoms with Gasteiger partial charge in [0, 0.05) is 11.9 Å². The maximum atomic E-state index is 13.3. The monoisotopic (exact) mass is 324 g/mol. The standard InChI is InChI=1S/C19H19BF2N2/c1-12(2)17-11-23-19(24-17)20-18(13-3-7-15(21)8-4-13)14-5-9-16(22)10-6-14/h3-12,18,20H,1-2H3,(H,23,24). The van der Waals surface area contributed by atoms with Gasteiger partial charge in [-0.15, -0.1) is 0 Å². The van der Waals surface area contributed by atoms with Gasteiger partial charge in [0.25, 0.3) is 0 Å². The number of benzene rings is 2. The fraction of sp³-hybridized carbons (Fsp3) is 0.211. The molecule has 1 aromatic heterocycles. The largest absolute Gasteiger partial charge is 0.354 e. The van der Waals surface area contributed by atoms with Crippen LogP contribution in [0, 0.1) is 11.6 Å². The summed E-state index contributed by atoms with van der Waals surface area (Å²) < 4.78 is 26.5. The van der Waals surface area contributed by atoms with E-state index >= 15 is 0 Å². The fourth-order valence-corrected chi connectivity index (χ4v) is 2.79. The third-order valence-electron chi connectivity index (χ3n) is 4.21. The van der Waals surface area contributed by atoms with Gasteiger partial charge in [-0.25, -0.2) is 8.78 Å². The maximum absolute atomic E-state index is 13.3. The minimum Gasteiger partial charge on any atom is -0.354 e. The van der Waals surface area contributed by atoms with E-state index in [-0.39, 0.29) is 17.5 Å². The summed E-state index contributed by atoms with van der Waals surface area (Å²) >= 11 is 0. The minimum atomic E-state index is -0.267. The molecule has 0 fully saturated rings. The SMILES string of the molecule is CC(C)c1cnc(BC(c2ccc(F)cc2)c2ccc(F)cc2)[nH]1. The van der Waals surface area contributed by atoms with Crippen LogP contribution in [0.3, 0.4) is 0 Å². The number of rotatable bonds is 5. The number of halogens is 2. The summed E-state index contributed by atoms with van der Waals surface area (Å²) in [5.74, 6) is -0.174. The first kappa shape index (κ1) is 16.4. The van der Waals surface area contributed by atoms with Gasteiger partial charge in [-0.1, -0.05) is 38.1 Å². The normalized spacial score (nSPS) is 11.2. The molecular formula is C19H19BF2N2. The highest BCUT2D eigenvalue weighted by Gasteiger charge is 2.19. The van der Waals surface area contributed by atoms with Crippen molar-refractivity contribution in [3.63, 3.8) is 0 Å². The molecule has 2 nitrogen and oxygen atoms in total. The summed E-state index contributed by atoms with van der Waals surface area (Å²) in [7, 11) is 0.643. The van der Waals surface area contributed by atoms with E-state index in [4.69, 9.17) is 0 Å². The van der Waals surface area contributed by atoms with E-state index in [2.05, 4.69) is 23.8 Å². The van der Waals surface area contributed by atoms with Crippen LogP contribution in [-0.2, 0) is 0 Å². The van der Waals surface area contributed by atoms with Crippen LogP contribution in [0.25, 0.3) is 0 Å². The van der Waals surface area contributed by atoms with Crippen LogP contribution in [0.2, 0.25) is 0 Å². The third kappa shape index (κ3) is 3.73. The zero-order valence-corrected chi connectivity index (χ0v) is 13.8. The van der Waals surface area contributed by atoms with Gasteiger partial charge >= 0.3 is 0 Å². The van der Waals surface area contributed by atoms with Crippen molar-refractivity contribution < 1.29 is 8.78 Å². The van der Waals surface area contributed by atoms with Crippen molar-refractivity contribution in [3.05, 3.63) is 83.2 Å². The van der Waals surface area contributed by atoms with Gasteiger partial charge < -0.3 is 4.98 Å². The second-order valence-corrected chi connectivity index (χ2v) is 6.30. The van der Waals surface area contributed by atoms with Gasteiger partial charge in [0.15, 0.2) is 0 Å². The molecule has 0 atom stereocenters. The summed E-state index contributed by atoms with van der Waals surface area (Å²) in [6, 6.07) is 12.9. The van der Waals surface area contributed by atoms with Crippen LogP contribution in [0.5, 0.6) is 0 Å². The van der Waals surface area contributed by atoms with E-state index in [9.17, 15) is 8.78 Å². The Balaban J connectivity index is 1.94. The Morgan fingerprint density at radius 2 is 1.38 bits per heavy atom. The summed E-state index contributed by atoms with van der Waals surface area (Å²) in [6.45, 7) is 4.21. The van der Waals surface area contributed by atoms with E-state index in [1.165, 1.54) is 24.3 Å². The lowest BCUT2D eigenvalue weighted by molar-refractivity contribution is 0.626. The number of nitrogens with zero attached hydrogens (tertiary/aromatic N) is 1. The molecule has 1 heterocycles. The number of hydrogen-bond donors (Lipinski definition) is 1. The second kappa shape index (κ2) is 6.99. The van der Waals surface area contributed by atoms with E-state index in [1.54, 1.807) is 24.3 Å². The Hall–Kier alpha value is -2.43. The van der Waals surface area contributed by atoms with Crippen LogP contribution in [0.4, 0.5) is 8.78 Å². The van der Waals surface area contributed by atoms with Crippen molar-refractivity contribution in [2.75, 3.05) is 0 Å². The first-order valence-corrected chi connectivity index (χ1v) is 8.07. The number of imidazole rings is 1. The number of nitrogens with one attached hydrogen (secondary N) is 1. The molecule has 0 aliphatic rings. The number of H-pyrrole nitrogens is 1. The van der Waals surface area contributed by atoms with Gasteiger partial charge in [-0.05, 0) is 47.1 Å². The van der Waals surface area contributed by atoms with E-state index < -0.39 is 0 Å². The predicted octanol–water partition coefficient (Wildman–Crippen LogP) is 3.66. The molecule has 0 aliphatic carbocycles. The molecule has 0 saturated heterocycles. The average molecular weight is 324 g/mol. The molecule has 0 spiro atoms. The number of hydrogen-bond acceptors (Lipinski definition) is 1. The molecule has 2 aromatic carbocycles. The highest BCUT2D eigenvalue weighted by Crippen LogP contribution is 2.24. The molecule has 5 heteroatoms. The van der Waals surface area contributed by atoms with Gasteiger partial charge in [0.1, 0.15) is 11.6 Å². The molecule has 0 amide bonds. The smallest absolute Gasteiger partial charge is 0.216 e. The van der Waals surface area contributed by atoms with Crippen molar-refractivity contribution in [3.8, 4) is 0 Å². The van der Waals surface area contributed by atoms with Gasteiger partial charge in [0.2, 0.25) is 7.28 Å². The minimum absolute atomic E-state index is 0.0163. The van der Waals surface area contributed by atoms with Crippen LogP contribution in [-0.4, -0.2) is 17.2 Å². The highest BCUT2D eigenvalue weighted by atomic mass is 19.1. The van der Waals surface area contributed by atoms with Crippen molar-refractivity contribution in [2.45, 2.75) is 25.6 Å². The maximum Gasteiger partial charge on any atom is 0.216 e. The zero-order valence-electron chi connectivity index (χ0n) is 13.8. The van der Waals surface area contributed by atoms with E-state index in [0.29, 0.717) is 13.2 Å². The van der Waals surface area contributed by atoms with Crippen LogP contribution >= 0.6 is 0 Å². The van der Waals surface area contributed by atoms with Gasteiger partial charge in [-0.2, -0.15) is 0 Å². The number of aromatic nitrogens is 2. The summed E-state index contributed by atoms with van der Waals surface area (Å²) in [4.78, 5) is 7.81. The molecule has 0 saturated carbocycles. The highest BCUT2D eigenvalue weighted by molar-refractivity contribution is 6.53. The fourth-order valence-electron chi connectivity index (χ4n) is 2.79. The van der Waals surface area contributed by atoms with E-state index in [0.717, 1.165) is 22.5 Å². The number of aromatic amines is 1. The van der Waals surface area contributed by atoms with Crippen molar-refractivity contribution in [2.24, 2.45) is 0 Å². The molecule has 0 radical (unpaired) electrons. The lowest BCUT2D eigenvalue weighted by Gasteiger charge is -2.16. The molecular weight excluding hydrogens is 305 g/mol. The topological polar surface area (TPSA) is 28.7 Å². The summed E-state index contributed by atoms with van der Waals surface area (Å²) in [5, 5.41) is 0. The molecule has 1 N–H and O–H groups in total. The molecule has 24 heavy (non-hydrogen) atoms. The Morgan fingerprint density at radius 1 is 0.875 bits per heavy atom. The molecule has 3 aromatic rings. The predicted molar refractivity (Wildman–Crippen MR) is 94.1 cm³/mol. The average Bonchev–Trinajstić information content (AvgIpc) is 3.04. The third-order valence-corrected chi connectivity index (χ3v) is 4.21. The molecule has 122 valence electrons. The second-order valence-electron chi connectivity index (χ2n) is 6.30. The Labute approximate surface area is 141 Å². The van der Waals surface area contributed by atoms with Crippen molar-refractivity contribution in [1.29, 1.82) is 0 Å². The lowest BCUT2D eigenvalue weighted by Crippen LogP contribution is -2.26. The van der Waals surface area contributed by atoms with E-state index in [1.807, 2.05) is 6.20 Å². The quantitative estimate of drug-likeness (QED) is 0.713. The van der Waals surface area contributed by atoms with Crippen LogP contribution in [0.1, 0.15) is 42.4 Å².